The van der Waals surface area contributed by atoms with Crippen LogP contribution < -0.4 is 0 Å². The van der Waals surface area contributed by atoms with Gasteiger partial charge < -0.3 is 19.6 Å². The Hall–Kier alpha value is -2.64. The molecule has 2 aliphatic heterocycles. The van der Waals surface area contributed by atoms with Crippen LogP contribution in [-0.4, -0.2) is 58.6 Å². The van der Waals surface area contributed by atoms with Crippen LogP contribution in [0.5, 0.6) is 5.75 Å². The summed E-state index contributed by atoms with van der Waals surface area (Å²) >= 11 is 0. The topological polar surface area (TPSA) is 91.9 Å². The number of carbonyl (C=O) groups is 2. The van der Waals surface area contributed by atoms with Gasteiger partial charge in [0.1, 0.15) is 17.4 Å². The number of allylic oxidation sites excluding steroid dienone is 1. The average Bonchev–Trinajstić information content (AvgIpc) is 3.10. The highest BCUT2D eigenvalue weighted by Gasteiger charge is 2.55. The fourth-order valence-corrected chi connectivity index (χ4v) is 5.55. The Morgan fingerprint density at radius 1 is 1.31 bits per heavy atom. The van der Waals surface area contributed by atoms with Gasteiger partial charge in [0.2, 0.25) is 0 Å². The number of rotatable bonds is 2. The number of hydrogen-bond donors (Lipinski definition) is 2. The van der Waals surface area contributed by atoms with Gasteiger partial charge in [-0.3, -0.25) is 14.5 Å². The van der Waals surface area contributed by atoms with Crippen LogP contribution >= 0.6 is 0 Å². The first-order valence-corrected chi connectivity index (χ1v) is 9.93. The van der Waals surface area contributed by atoms with Crippen molar-refractivity contribution in [1.29, 1.82) is 0 Å². The minimum Gasteiger partial charge on any atom is -0.508 e. The van der Waals surface area contributed by atoms with E-state index in [2.05, 4.69) is 9.88 Å². The minimum atomic E-state index is -0.585. The summed E-state index contributed by atoms with van der Waals surface area (Å²) in [6.45, 7) is 0. The highest BCUT2D eigenvalue weighted by Crippen LogP contribution is 2.50. The SMILES string of the molecule is COC(=O)C1Cc2c([nH]c3ccc(O)cc23)C2CCC3(OC)C=CC(=O)CC3N12. The number of esters is 1. The average molecular weight is 396 g/mol. The smallest absolute Gasteiger partial charge is 0.323 e. The first-order chi connectivity index (χ1) is 14.0. The number of aromatic nitrogens is 1. The molecule has 0 spiro atoms. The van der Waals surface area contributed by atoms with E-state index >= 15 is 0 Å². The third kappa shape index (κ3) is 2.57. The van der Waals surface area contributed by atoms with Gasteiger partial charge in [-0.2, -0.15) is 0 Å². The van der Waals surface area contributed by atoms with Crippen LogP contribution in [0.2, 0.25) is 0 Å². The van der Waals surface area contributed by atoms with E-state index in [9.17, 15) is 14.7 Å². The van der Waals surface area contributed by atoms with Gasteiger partial charge in [0.05, 0.1) is 19.2 Å². The maximum absolute atomic E-state index is 12.8. The Labute approximate surface area is 168 Å². The summed E-state index contributed by atoms with van der Waals surface area (Å²) in [6, 6.07) is 4.45. The molecule has 2 aromatic rings. The van der Waals surface area contributed by atoms with Crippen molar-refractivity contribution >= 4 is 22.7 Å². The molecule has 1 fully saturated rings. The molecule has 0 saturated carbocycles. The number of H-pyrrole nitrogens is 1. The lowest BCUT2D eigenvalue weighted by atomic mass is 9.72. The Bertz CT molecular complexity index is 1040. The van der Waals surface area contributed by atoms with Crippen molar-refractivity contribution in [3.8, 4) is 5.75 Å². The standard InChI is InChI=1S/C22H24N2O5/c1-28-21(27)18-11-15-14-9-12(25)3-4-16(14)23-20(15)17-6-8-22(29-2)7-5-13(26)10-19(22)24(17)18/h3-5,7,9,17-19,23,25H,6,8,10-11H2,1-2H3. The molecule has 29 heavy (non-hydrogen) atoms. The molecule has 7 heteroatoms. The number of fused-ring (bicyclic) bond motifs is 7. The summed E-state index contributed by atoms with van der Waals surface area (Å²) < 4.78 is 11.1. The van der Waals surface area contributed by atoms with E-state index in [1.807, 2.05) is 12.1 Å². The van der Waals surface area contributed by atoms with E-state index in [0.717, 1.165) is 35.0 Å². The number of benzene rings is 1. The van der Waals surface area contributed by atoms with Gasteiger partial charge >= 0.3 is 5.97 Å². The molecule has 1 saturated heterocycles. The van der Waals surface area contributed by atoms with Crippen molar-refractivity contribution in [2.24, 2.45) is 0 Å². The quantitative estimate of drug-likeness (QED) is 0.758. The van der Waals surface area contributed by atoms with Crippen molar-refractivity contribution < 1.29 is 24.2 Å². The summed E-state index contributed by atoms with van der Waals surface area (Å²) in [4.78, 5) is 30.8. The molecule has 0 radical (unpaired) electrons. The predicted molar refractivity (Wildman–Crippen MR) is 106 cm³/mol. The van der Waals surface area contributed by atoms with Gasteiger partial charge in [-0.25, -0.2) is 0 Å². The summed E-state index contributed by atoms with van der Waals surface area (Å²) in [5.41, 5.74) is 2.44. The molecule has 3 heterocycles. The lowest BCUT2D eigenvalue weighted by molar-refractivity contribution is -0.164. The molecule has 7 nitrogen and oxygen atoms in total. The van der Waals surface area contributed by atoms with E-state index in [0.29, 0.717) is 12.8 Å². The molecule has 3 aliphatic rings. The zero-order valence-electron chi connectivity index (χ0n) is 16.5. The predicted octanol–water partition coefficient (Wildman–Crippen LogP) is 2.39. The van der Waals surface area contributed by atoms with Crippen LogP contribution in [-0.2, 0) is 25.5 Å². The number of nitrogens with zero attached hydrogens (tertiary/aromatic N) is 1. The fourth-order valence-electron chi connectivity index (χ4n) is 5.55. The van der Waals surface area contributed by atoms with Crippen LogP contribution in [0, 0.1) is 0 Å². The van der Waals surface area contributed by atoms with Crippen molar-refractivity contribution in [1.82, 2.24) is 9.88 Å². The van der Waals surface area contributed by atoms with E-state index in [-0.39, 0.29) is 29.6 Å². The maximum atomic E-state index is 12.8. The second kappa shape index (κ2) is 6.43. The number of hydrogen-bond acceptors (Lipinski definition) is 6. The Morgan fingerprint density at radius 2 is 2.14 bits per heavy atom. The van der Waals surface area contributed by atoms with E-state index in [4.69, 9.17) is 9.47 Å². The summed E-state index contributed by atoms with van der Waals surface area (Å²) in [5, 5.41) is 10.9. The Balaban J connectivity index is 1.68. The lowest BCUT2D eigenvalue weighted by Gasteiger charge is -2.55. The molecule has 0 amide bonds. The number of ketones is 1. The molecule has 1 aromatic heterocycles. The lowest BCUT2D eigenvalue weighted by Crippen LogP contribution is -2.65. The molecule has 0 bridgehead atoms. The largest absolute Gasteiger partial charge is 0.508 e. The second-order valence-electron chi connectivity index (χ2n) is 8.17. The first-order valence-electron chi connectivity index (χ1n) is 9.93. The maximum Gasteiger partial charge on any atom is 0.323 e. The third-order valence-corrected chi connectivity index (χ3v) is 6.90. The molecule has 4 atom stereocenters. The molecular formula is C22H24N2O5. The molecule has 4 unspecified atom stereocenters. The molecule has 152 valence electrons. The van der Waals surface area contributed by atoms with Crippen LogP contribution in [0.3, 0.4) is 0 Å². The molecular weight excluding hydrogens is 372 g/mol. The molecule has 1 aliphatic carbocycles. The number of nitrogens with one attached hydrogen (secondary N) is 1. The summed E-state index contributed by atoms with van der Waals surface area (Å²) in [7, 11) is 3.06. The van der Waals surface area contributed by atoms with Crippen LogP contribution in [0.25, 0.3) is 10.9 Å². The van der Waals surface area contributed by atoms with Gasteiger partial charge in [-0.15, -0.1) is 0 Å². The van der Waals surface area contributed by atoms with E-state index in [1.165, 1.54) is 7.11 Å². The highest BCUT2D eigenvalue weighted by atomic mass is 16.5. The number of ether oxygens (including phenoxy) is 2. The zero-order valence-corrected chi connectivity index (χ0v) is 16.5. The number of aromatic amines is 1. The molecule has 5 rings (SSSR count). The van der Waals surface area contributed by atoms with Crippen molar-refractivity contribution in [2.75, 3.05) is 14.2 Å². The van der Waals surface area contributed by atoms with Crippen LogP contribution in [0.1, 0.15) is 36.6 Å². The van der Waals surface area contributed by atoms with Gasteiger partial charge in [-0.05, 0) is 48.8 Å². The van der Waals surface area contributed by atoms with E-state index < -0.39 is 11.6 Å². The summed E-state index contributed by atoms with van der Waals surface area (Å²) in [5.74, 6) is -0.0789. The van der Waals surface area contributed by atoms with Crippen molar-refractivity contribution in [2.45, 2.75) is 49.4 Å². The first kappa shape index (κ1) is 18.4. The van der Waals surface area contributed by atoms with Crippen LogP contribution in [0.15, 0.2) is 30.4 Å². The van der Waals surface area contributed by atoms with E-state index in [1.54, 1.807) is 25.3 Å². The Morgan fingerprint density at radius 3 is 2.90 bits per heavy atom. The van der Waals surface area contributed by atoms with Gasteiger partial charge in [0.25, 0.3) is 0 Å². The number of methoxy groups -OCH3 is 2. The highest BCUT2D eigenvalue weighted by molar-refractivity contribution is 5.92. The number of phenols is 1. The Kier molecular flexibility index (Phi) is 4.08. The fraction of sp³-hybridized carbons (Fsp3) is 0.455. The van der Waals surface area contributed by atoms with Gasteiger partial charge in [0, 0.05) is 36.5 Å². The van der Waals surface area contributed by atoms with Crippen molar-refractivity contribution in [3.05, 3.63) is 41.6 Å². The second-order valence-corrected chi connectivity index (χ2v) is 8.17. The normalized spacial score (nSPS) is 31.2. The van der Waals surface area contributed by atoms with Crippen LogP contribution in [0.4, 0.5) is 0 Å². The van der Waals surface area contributed by atoms with Gasteiger partial charge in [-0.1, -0.05) is 0 Å². The minimum absolute atomic E-state index is 0.0410. The molecule has 2 N–H and O–H groups in total. The van der Waals surface area contributed by atoms with Crippen molar-refractivity contribution in [3.63, 3.8) is 0 Å². The number of phenolic OH excluding ortho intramolecular Hbond substituents is 1. The number of carbonyl (C=O) groups excluding carboxylic acids is 2. The zero-order chi connectivity index (χ0) is 20.3. The number of aromatic hydroxyl groups is 1. The summed E-state index contributed by atoms with van der Waals surface area (Å²) in [6.07, 6.45) is 5.78. The number of piperidine rings is 1. The monoisotopic (exact) mass is 396 g/mol. The third-order valence-electron chi connectivity index (χ3n) is 6.90. The van der Waals surface area contributed by atoms with Gasteiger partial charge in [0.15, 0.2) is 5.78 Å². The molecule has 1 aromatic carbocycles.